The summed E-state index contributed by atoms with van der Waals surface area (Å²) >= 11 is 1.70. The second kappa shape index (κ2) is 5.49. The predicted octanol–water partition coefficient (Wildman–Crippen LogP) is 2.63. The van der Waals surface area contributed by atoms with Crippen LogP contribution < -0.4 is 10.6 Å². The minimum atomic E-state index is 0.0407. The van der Waals surface area contributed by atoms with Crippen LogP contribution >= 0.6 is 11.3 Å². The maximum absolute atomic E-state index is 5.49. The summed E-state index contributed by atoms with van der Waals surface area (Å²) in [4.78, 5) is 1.24. The Bertz CT molecular complexity index is 472. The predicted molar refractivity (Wildman–Crippen MR) is 72.5 cm³/mol. The molecule has 0 saturated carbocycles. The molecular formula is C12H18N4OS. The summed E-state index contributed by atoms with van der Waals surface area (Å²) in [6.45, 7) is 7.58. The number of nitrogens with zero attached hydrogens (tertiary/aromatic N) is 2. The van der Waals surface area contributed by atoms with Crippen molar-refractivity contribution in [3.8, 4) is 0 Å². The van der Waals surface area contributed by atoms with Crippen molar-refractivity contribution in [2.45, 2.75) is 39.4 Å². The van der Waals surface area contributed by atoms with Crippen LogP contribution in [0.4, 0.5) is 6.01 Å². The van der Waals surface area contributed by atoms with Crippen LogP contribution in [-0.4, -0.2) is 15.7 Å². The molecule has 0 saturated heterocycles. The first-order valence-corrected chi connectivity index (χ1v) is 6.74. The molecule has 5 nitrogen and oxygen atoms in total. The summed E-state index contributed by atoms with van der Waals surface area (Å²) in [5, 5.41) is 16.4. The van der Waals surface area contributed by atoms with E-state index in [4.69, 9.17) is 4.42 Å². The van der Waals surface area contributed by atoms with Gasteiger partial charge in [-0.15, -0.1) is 16.4 Å². The molecule has 0 unspecified atom stereocenters. The molecule has 2 aromatic heterocycles. The van der Waals surface area contributed by atoms with E-state index in [1.165, 1.54) is 4.88 Å². The Kier molecular flexibility index (Phi) is 3.98. The van der Waals surface area contributed by atoms with Gasteiger partial charge in [-0.2, -0.15) is 0 Å². The van der Waals surface area contributed by atoms with E-state index < -0.39 is 0 Å². The van der Waals surface area contributed by atoms with Gasteiger partial charge in [0.05, 0.1) is 13.1 Å². The second-order valence-electron chi connectivity index (χ2n) is 5.04. The molecular weight excluding hydrogens is 248 g/mol. The Hall–Kier alpha value is -1.40. The van der Waals surface area contributed by atoms with Gasteiger partial charge in [0.2, 0.25) is 5.89 Å². The lowest BCUT2D eigenvalue weighted by molar-refractivity contribution is 0.383. The van der Waals surface area contributed by atoms with Crippen LogP contribution in [0.3, 0.4) is 0 Å². The molecule has 0 aliphatic heterocycles. The quantitative estimate of drug-likeness (QED) is 0.871. The molecule has 6 heteroatoms. The van der Waals surface area contributed by atoms with Crippen molar-refractivity contribution in [2.75, 3.05) is 5.32 Å². The number of hydrogen-bond donors (Lipinski definition) is 2. The van der Waals surface area contributed by atoms with Gasteiger partial charge in [0, 0.05) is 10.4 Å². The molecule has 0 amide bonds. The largest absolute Gasteiger partial charge is 0.407 e. The van der Waals surface area contributed by atoms with E-state index in [9.17, 15) is 0 Å². The minimum absolute atomic E-state index is 0.0407. The smallest absolute Gasteiger partial charge is 0.315 e. The average Bonchev–Trinajstić information content (AvgIpc) is 2.94. The Morgan fingerprint density at radius 2 is 2.11 bits per heavy atom. The highest BCUT2D eigenvalue weighted by molar-refractivity contribution is 7.09. The summed E-state index contributed by atoms with van der Waals surface area (Å²) in [6.07, 6.45) is 0. The molecule has 0 aromatic carbocycles. The van der Waals surface area contributed by atoms with E-state index in [0.717, 1.165) is 0 Å². The molecule has 2 heterocycles. The van der Waals surface area contributed by atoms with E-state index in [-0.39, 0.29) is 5.54 Å². The summed E-state index contributed by atoms with van der Waals surface area (Å²) in [5.41, 5.74) is 0.0407. The molecule has 2 aromatic rings. The third-order valence-corrected chi connectivity index (χ3v) is 3.11. The molecule has 2 rings (SSSR count). The Labute approximate surface area is 111 Å². The zero-order valence-corrected chi connectivity index (χ0v) is 11.7. The third-order valence-electron chi connectivity index (χ3n) is 2.23. The molecule has 0 aliphatic carbocycles. The van der Waals surface area contributed by atoms with Crippen LogP contribution in [-0.2, 0) is 13.1 Å². The van der Waals surface area contributed by atoms with Crippen molar-refractivity contribution in [1.82, 2.24) is 15.5 Å². The maximum atomic E-state index is 5.49. The number of rotatable bonds is 5. The lowest BCUT2D eigenvalue weighted by Gasteiger charge is -2.18. The Morgan fingerprint density at radius 3 is 2.78 bits per heavy atom. The highest BCUT2D eigenvalue weighted by Gasteiger charge is 2.12. The van der Waals surface area contributed by atoms with Crippen LogP contribution in [0.25, 0.3) is 0 Å². The minimum Gasteiger partial charge on any atom is -0.407 e. The van der Waals surface area contributed by atoms with Crippen LogP contribution in [0.1, 0.15) is 31.5 Å². The average molecular weight is 266 g/mol. The third kappa shape index (κ3) is 4.12. The van der Waals surface area contributed by atoms with Gasteiger partial charge in [-0.3, -0.25) is 0 Å². The standard InChI is InChI=1S/C12H18N4OS/c1-12(2,3)14-8-10-15-16-11(17-10)13-7-9-5-4-6-18-9/h4-6,14H,7-8H2,1-3H3,(H,13,16). The summed E-state index contributed by atoms with van der Waals surface area (Å²) in [5.74, 6) is 0.596. The molecule has 0 bridgehead atoms. The van der Waals surface area contributed by atoms with E-state index in [0.29, 0.717) is 25.0 Å². The summed E-state index contributed by atoms with van der Waals surface area (Å²) in [7, 11) is 0. The molecule has 0 radical (unpaired) electrons. The van der Waals surface area contributed by atoms with Crippen molar-refractivity contribution in [3.63, 3.8) is 0 Å². The first-order chi connectivity index (χ1) is 8.53. The second-order valence-corrected chi connectivity index (χ2v) is 6.07. The van der Waals surface area contributed by atoms with Gasteiger partial charge in [0.25, 0.3) is 0 Å². The number of anilines is 1. The lowest BCUT2D eigenvalue weighted by Crippen LogP contribution is -2.35. The highest BCUT2D eigenvalue weighted by atomic mass is 32.1. The number of thiophene rings is 1. The van der Waals surface area contributed by atoms with E-state index in [1.54, 1.807) is 11.3 Å². The normalized spacial score (nSPS) is 11.7. The number of aromatic nitrogens is 2. The topological polar surface area (TPSA) is 63.0 Å². The van der Waals surface area contributed by atoms with Crippen LogP contribution in [0.5, 0.6) is 0 Å². The van der Waals surface area contributed by atoms with E-state index >= 15 is 0 Å². The maximum Gasteiger partial charge on any atom is 0.315 e. The highest BCUT2D eigenvalue weighted by Crippen LogP contribution is 2.12. The molecule has 0 spiro atoms. The number of nitrogens with one attached hydrogen (secondary N) is 2. The van der Waals surface area contributed by atoms with Crippen molar-refractivity contribution in [3.05, 3.63) is 28.3 Å². The van der Waals surface area contributed by atoms with Crippen molar-refractivity contribution >= 4 is 17.4 Å². The fourth-order valence-electron chi connectivity index (χ4n) is 1.31. The Morgan fingerprint density at radius 1 is 1.28 bits per heavy atom. The van der Waals surface area contributed by atoms with Crippen molar-refractivity contribution < 1.29 is 4.42 Å². The van der Waals surface area contributed by atoms with Crippen molar-refractivity contribution in [1.29, 1.82) is 0 Å². The zero-order valence-electron chi connectivity index (χ0n) is 10.9. The first-order valence-electron chi connectivity index (χ1n) is 5.86. The van der Waals surface area contributed by atoms with Gasteiger partial charge in [-0.1, -0.05) is 11.2 Å². The molecule has 98 valence electrons. The van der Waals surface area contributed by atoms with Crippen LogP contribution in [0.15, 0.2) is 21.9 Å². The zero-order chi connectivity index (χ0) is 13.0. The van der Waals surface area contributed by atoms with E-state index in [2.05, 4.69) is 47.7 Å². The van der Waals surface area contributed by atoms with Gasteiger partial charge in [-0.25, -0.2) is 0 Å². The van der Waals surface area contributed by atoms with Crippen LogP contribution in [0, 0.1) is 0 Å². The monoisotopic (exact) mass is 266 g/mol. The summed E-state index contributed by atoms with van der Waals surface area (Å²) < 4.78 is 5.49. The molecule has 0 atom stereocenters. The molecule has 0 fully saturated rings. The van der Waals surface area contributed by atoms with Crippen LogP contribution in [0.2, 0.25) is 0 Å². The molecule has 0 aliphatic rings. The van der Waals surface area contributed by atoms with Gasteiger partial charge >= 0.3 is 6.01 Å². The van der Waals surface area contributed by atoms with Gasteiger partial charge < -0.3 is 15.1 Å². The fourth-order valence-corrected chi connectivity index (χ4v) is 1.96. The van der Waals surface area contributed by atoms with Gasteiger partial charge in [-0.05, 0) is 32.2 Å². The Balaban J connectivity index is 1.82. The van der Waals surface area contributed by atoms with Gasteiger partial charge in [0.15, 0.2) is 0 Å². The number of hydrogen-bond acceptors (Lipinski definition) is 6. The lowest BCUT2D eigenvalue weighted by atomic mass is 10.1. The van der Waals surface area contributed by atoms with Gasteiger partial charge in [0.1, 0.15) is 0 Å². The van der Waals surface area contributed by atoms with Crippen molar-refractivity contribution in [2.24, 2.45) is 0 Å². The van der Waals surface area contributed by atoms with E-state index in [1.807, 2.05) is 11.4 Å². The summed E-state index contributed by atoms with van der Waals surface area (Å²) in [6, 6.07) is 4.55. The molecule has 18 heavy (non-hydrogen) atoms. The SMILES string of the molecule is CC(C)(C)NCc1nnc(NCc2cccs2)o1. The molecule has 2 N–H and O–H groups in total. The fraction of sp³-hybridized carbons (Fsp3) is 0.500. The first kappa shape index (κ1) is 13.0.